The van der Waals surface area contributed by atoms with Crippen LogP contribution in [0.15, 0.2) is 12.1 Å². The lowest BCUT2D eigenvalue weighted by Gasteiger charge is -2.01. The van der Waals surface area contributed by atoms with Crippen molar-refractivity contribution in [2.24, 2.45) is 7.05 Å². The Labute approximate surface area is 90.7 Å². The molecule has 0 bridgehead atoms. The number of carboxylic acid groups (broad SMARTS) is 1. The lowest BCUT2D eigenvalue weighted by atomic mass is 10.1. The van der Waals surface area contributed by atoms with E-state index in [1.165, 1.54) is 4.80 Å². The Hall–Kier alpha value is -2.31. The first-order valence-corrected chi connectivity index (χ1v) is 4.53. The fraction of sp³-hybridized carbons (Fsp3) is 0.222. The lowest BCUT2D eigenvalue weighted by molar-refractivity contribution is 0.0691. The molecule has 16 heavy (non-hydrogen) atoms. The maximum Gasteiger partial charge on any atom is 0.355 e. The summed E-state index contributed by atoms with van der Waals surface area (Å²) in [6.07, 6.45) is 0. The SMILES string of the molecule is Cc1ccc(-c2nnn(C)n2)c(C(=O)O)n1. The number of aromatic carboxylic acids is 1. The number of hydrogen-bond donors (Lipinski definition) is 1. The highest BCUT2D eigenvalue weighted by Gasteiger charge is 2.17. The highest BCUT2D eigenvalue weighted by Crippen LogP contribution is 2.18. The van der Waals surface area contributed by atoms with Crippen LogP contribution in [0.5, 0.6) is 0 Å². The second-order valence-corrected chi connectivity index (χ2v) is 3.26. The van der Waals surface area contributed by atoms with Crippen LogP contribution < -0.4 is 0 Å². The normalized spacial score (nSPS) is 10.4. The summed E-state index contributed by atoms with van der Waals surface area (Å²) in [4.78, 5) is 16.2. The highest BCUT2D eigenvalue weighted by atomic mass is 16.4. The topological polar surface area (TPSA) is 93.8 Å². The largest absolute Gasteiger partial charge is 0.476 e. The molecule has 0 aliphatic rings. The van der Waals surface area contributed by atoms with Gasteiger partial charge in [0.2, 0.25) is 5.82 Å². The van der Waals surface area contributed by atoms with Gasteiger partial charge in [0.05, 0.1) is 12.6 Å². The first-order valence-electron chi connectivity index (χ1n) is 4.53. The van der Waals surface area contributed by atoms with Gasteiger partial charge in [-0.1, -0.05) is 0 Å². The van der Waals surface area contributed by atoms with Gasteiger partial charge in [0.1, 0.15) is 0 Å². The van der Waals surface area contributed by atoms with Crippen LogP contribution >= 0.6 is 0 Å². The van der Waals surface area contributed by atoms with Crippen LogP contribution in [0.2, 0.25) is 0 Å². The van der Waals surface area contributed by atoms with Gasteiger partial charge in [-0.2, -0.15) is 4.80 Å². The number of carbonyl (C=O) groups is 1. The van der Waals surface area contributed by atoms with Gasteiger partial charge in [0.15, 0.2) is 5.69 Å². The molecule has 2 aromatic heterocycles. The fourth-order valence-electron chi connectivity index (χ4n) is 1.29. The van der Waals surface area contributed by atoms with Crippen LogP contribution in [-0.4, -0.2) is 36.3 Å². The molecule has 2 aromatic rings. The molecule has 0 spiro atoms. The number of carboxylic acids is 1. The predicted molar refractivity (Wildman–Crippen MR) is 53.7 cm³/mol. The van der Waals surface area contributed by atoms with Gasteiger partial charge in [-0.25, -0.2) is 9.78 Å². The first-order chi connectivity index (χ1) is 7.58. The number of aryl methyl sites for hydroxylation is 2. The van der Waals surface area contributed by atoms with Crippen LogP contribution in [0.3, 0.4) is 0 Å². The van der Waals surface area contributed by atoms with Gasteiger partial charge in [0, 0.05) is 5.69 Å². The van der Waals surface area contributed by atoms with Crippen molar-refractivity contribution in [3.63, 3.8) is 0 Å². The van der Waals surface area contributed by atoms with E-state index in [2.05, 4.69) is 20.4 Å². The third-order valence-electron chi connectivity index (χ3n) is 1.99. The molecule has 2 heterocycles. The summed E-state index contributed by atoms with van der Waals surface area (Å²) in [5, 5.41) is 20.4. The minimum atomic E-state index is -1.11. The molecule has 0 fully saturated rings. The molecule has 0 aliphatic heterocycles. The summed E-state index contributed by atoms with van der Waals surface area (Å²) < 4.78 is 0. The summed E-state index contributed by atoms with van der Waals surface area (Å²) >= 11 is 0. The minimum absolute atomic E-state index is 0.0620. The van der Waals surface area contributed by atoms with E-state index < -0.39 is 5.97 Å². The molecule has 7 heteroatoms. The van der Waals surface area contributed by atoms with Crippen LogP contribution in [-0.2, 0) is 7.05 Å². The fourth-order valence-corrected chi connectivity index (χ4v) is 1.29. The maximum absolute atomic E-state index is 11.0. The summed E-state index contributed by atoms with van der Waals surface area (Å²) in [6, 6.07) is 3.33. The van der Waals surface area contributed by atoms with E-state index in [4.69, 9.17) is 5.11 Å². The standard InChI is InChI=1S/C9H9N5O2/c1-5-3-4-6(7(10-5)9(15)16)8-11-13-14(2)12-8/h3-4H,1-2H3,(H,15,16). The molecule has 0 atom stereocenters. The lowest BCUT2D eigenvalue weighted by Crippen LogP contribution is -2.05. The molecule has 0 saturated heterocycles. The molecule has 82 valence electrons. The van der Waals surface area contributed by atoms with Gasteiger partial charge in [0.25, 0.3) is 0 Å². The molecule has 0 unspecified atom stereocenters. The zero-order valence-corrected chi connectivity index (χ0v) is 8.75. The predicted octanol–water partition coefficient (Wildman–Crippen LogP) is 0.279. The number of tetrazole rings is 1. The quantitative estimate of drug-likeness (QED) is 0.779. The van der Waals surface area contributed by atoms with Crippen LogP contribution in [0.4, 0.5) is 0 Å². The number of nitrogens with zero attached hydrogens (tertiary/aromatic N) is 5. The van der Waals surface area contributed by atoms with Crippen molar-refractivity contribution in [3.05, 3.63) is 23.5 Å². The minimum Gasteiger partial charge on any atom is -0.476 e. The Balaban J connectivity index is 2.60. The summed E-state index contributed by atoms with van der Waals surface area (Å²) in [5.41, 5.74) is 0.934. The maximum atomic E-state index is 11.0. The van der Waals surface area contributed by atoms with Crippen LogP contribution in [0.1, 0.15) is 16.2 Å². The molecule has 0 amide bonds. The Morgan fingerprint density at radius 3 is 2.75 bits per heavy atom. The smallest absolute Gasteiger partial charge is 0.355 e. The zero-order chi connectivity index (χ0) is 11.7. The van der Waals surface area contributed by atoms with E-state index in [-0.39, 0.29) is 11.5 Å². The van der Waals surface area contributed by atoms with Crippen molar-refractivity contribution in [2.45, 2.75) is 6.92 Å². The Bertz CT molecular complexity index is 549. The van der Waals surface area contributed by atoms with Gasteiger partial charge in [-0.05, 0) is 24.3 Å². The Morgan fingerprint density at radius 2 is 2.19 bits per heavy atom. The zero-order valence-electron chi connectivity index (χ0n) is 8.75. The van der Waals surface area contributed by atoms with E-state index in [1.54, 1.807) is 26.1 Å². The Morgan fingerprint density at radius 1 is 1.44 bits per heavy atom. The second kappa shape index (κ2) is 3.69. The molecule has 0 radical (unpaired) electrons. The van der Waals surface area contributed by atoms with Gasteiger partial charge in [-0.15, -0.1) is 10.2 Å². The van der Waals surface area contributed by atoms with Gasteiger partial charge in [-0.3, -0.25) is 0 Å². The van der Waals surface area contributed by atoms with E-state index in [0.29, 0.717) is 11.3 Å². The average molecular weight is 219 g/mol. The van der Waals surface area contributed by atoms with Crippen molar-refractivity contribution < 1.29 is 9.90 Å². The van der Waals surface area contributed by atoms with Crippen LogP contribution in [0.25, 0.3) is 11.4 Å². The van der Waals surface area contributed by atoms with Crippen molar-refractivity contribution in [1.29, 1.82) is 0 Å². The van der Waals surface area contributed by atoms with E-state index in [0.717, 1.165) is 0 Å². The van der Waals surface area contributed by atoms with Crippen molar-refractivity contribution in [1.82, 2.24) is 25.2 Å². The number of hydrogen-bond acceptors (Lipinski definition) is 5. The molecule has 0 aliphatic carbocycles. The molecular weight excluding hydrogens is 210 g/mol. The van der Waals surface area contributed by atoms with Crippen molar-refractivity contribution in [3.8, 4) is 11.4 Å². The molecule has 0 aromatic carbocycles. The molecule has 0 saturated carbocycles. The van der Waals surface area contributed by atoms with Crippen molar-refractivity contribution in [2.75, 3.05) is 0 Å². The van der Waals surface area contributed by atoms with E-state index in [9.17, 15) is 4.79 Å². The highest BCUT2D eigenvalue weighted by molar-refractivity contribution is 5.92. The average Bonchev–Trinajstić information content (AvgIpc) is 2.64. The first kappa shape index (κ1) is 10.2. The number of rotatable bonds is 2. The second-order valence-electron chi connectivity index (χ2n) is 3.26. The number of pyridine rings is 1. The summed E-state index contributed by atoms with van der Waals surface area (Å²) in [6.45, 7) is 1.72. The van der Waals surface area contributed by atoms with Gasteiger partial charge < -0.3 is 5.11 Å². The van der Waals surface area contributed by atoms with E-state index in [1.807, 2.05) is 0 Å². The summed E-state index contributed by atoms with van der Waals surface area (Å²) in [5.74, 6) is -0.849. The molecule has 2 rings (SSSR count). The number of aromatic nitrogens is 5. The van der Waals surface area contributed by atoms with Gasteiger partial charge >= 0.3 is 5.97 Å². The molecule has 1 N–H and O–H groups in total. The third kappa shape index (κ3) is 1.74. The molecular formula is C9H9N5O2. The van der Waals surface area contributed by atoms with Crippen LogP contribution in [0, 0.1) is 6.92 Å². The van der Waals surface area contributed by atoms with Crippen molar-refractivity contribution >= 4 is 5.97 Å². The monoisotopic (exact) mass is 219 g/mol. The Kier molecular flexibility index (Phi) is 2.35. The molecule has 7 nitrogen and oxygen atoms in total. The van der Waals surface area contributed by atoms with E-state index >= 15 is 0 Å². The third-order valence-corrected chi connectivity index (χ3v) is 1.99. The summed E-state index contributed by atoms with van der Waals surface area (Å²) in [7, 11) is 1.61.